The van der Waals surface area contributed by atoms with Crippen LogP contribution >= 0.6 is 12.0 Å². The van der Waals surface area contributed by atoms with Gasteiger partial charge in [0.1, 0.15) is 17.6 Å². The highest BCUT2D eigenvalue weighted by atomic mass is 32.2. The van der Waals surface area contributed by atoms with Crippen molar-refractivity contribution in [2.45, 2.75) is 62.7 Å². The second-order valence-electron chi connectivity index (χ2n) is 7.80. The molecule has 0 amide bonds. The molecule has 27 heavy (non-hydrogen) atoms. The van der Waals surface area contributed by atoms with Crippen LogP contribution in [-0.4, -0.2) is 34.7 Å². The van der Waals surface area contributed by atoms with E-state index in [1.54, 1.807) is 0 Å². The predicted molar refractivity (Wildman–Crippen MR) is 89.1 cm³/mol. The molecule has 4 rings (SSSR count). The summed E-state index contributed by atoms with van der Waals surface area (Å²) in [5.41, 5.74) is -0.573. The lowest BCUT2D eigenvalue weighted by molar-refractivity contribution is -0.433. The molecule has 4 aliphatic rings. The van der Waals surface area contributed by atoms with Crippen molar-refractivity contribution in [3.05, 3.63) is 0 Å². The second kappa shape index (κ2) is 8.18. The number of esters is 2. The summed E-state index contributed by atoms with van der Waals surface area (Å²) in [6, 6.07) is 0. The van der Waals surface area contributed by atoms with Crippen LogP contribution in [0.1, 0.15) is 51.9 Å². The highest BCUT2D eigenvalue weighted by molar-refractivity contribution is 7.96. The maximum absolute atomic E-state index is 13.4. The Kier molecular flexibility index (Phi) is 6.29. The second-order valence-corrected chi connectivity index (χ2v) is 8.62. The van der Waals surface area contributed by atoms with Gasteiger partial charge in [0.15, 0.2) is 6.61 Å². The topological polar surface area (TPSA) is 91.3 Å². The number of ether oxygens (including phenoxy) is 2. The molecule has 0 aromatic heterocycles. The standard InChI is InChI=1S/C17H24F2O7S/c1-2-3-16(12-5-10-4-11(7-12)8-13(16)6-10)24-14(20)9-23-15(21)17(18,19)27-26-25-22/h10-13,22H,2-9H2,1H3. The lowest BCUT2D eigenvalue weighted by Crippen LogP contribution is -2.59. The van der Waals surface area contributed by atoms with Crippen LogP contribution in [0.25, 0.3) is 0 Å². The average molecular weight is 410 g/mol. The van der Waals surface area contributed by atoms with Gasteiger partial charge in [0, 0.05) is 0 Å². The Morgan fingerprint density at radius 1 is 1.15 bits per heavy atom. The van der Waals surface area contributed by atoms with E-state index in [0.717, 1.165) is 38.5 Å². The molecule has 10 heteroatoms. The van der Waals surface area contributed by atoms with Crippen LogP contribution in [0.2, 0.25) is 0 Å². The van der Waals surface area contributed by atoms with E-state index in [1.165, 1.54) is 6.42 Å². The number of halogens is 2. The van der Waals surface area contributed by atoms with Crippen LogP contribution in [0.4, 0.5) is 8.78 Å². The number of hydrogen-bond donors (Lipinski definition) is 1. The molecule has 154 valence electrons. The first-order chi connectivity index (χ1) is 12.8. The largest absolute Gasteiger partial charge is 0.456 e. The van der Waals surface area contributed by atoms with Crippen molar-refractivity contribution in [1.29, 1.82) is 0 Å². The normalized spacial score (nSPS) is 34.5. The van der Waals surface area contributed by atoms with Crippen molar-refractivity contribution in [3.63, 3.8) is 0 Å². The van der Waals surface area contributed by atoms with Gasteiger partial charge in [-0.1, -0.05) is 18.4 Å². The minimum atomic E-state index is -4.13. The molecule has 0 saturated heterocycles. The molecule has 0 heterocycles. The lowest BCUT2D eigenvalue weighted by Gasteiger charge is -2.60. The van der Waals surface area contributed by atoms with Gasteiger partial charge < -0.3 is 9.47 Å². The minimum absolute atomic E-state index is 0.292. The Bertz CT molecular complexity index is 543. The van der Waals surface area contributed by atoms with Gasteiger partial charge >= 0.3 is 17.2 Å². The van der Waals surface area contributed by atoms with Crippen LogP contribution in [0.5, 0.6) is 0 Å². The molecule has 4 bridgehead atoms. The third-order valence-electron chi connectivity index (χ3n) is 6.19. The zero-order valence-electron chi connectivity index (χ0n) is 15.0. The molecule has 1 N–H and O–H groups in total. The molecule has 0 atom stereocenters. The highest BCUT2D eigenvalue weighted by Crippen LogP contribution is 2.61. The van der Waals surface area contributed by atoms with E-state index in [0.29, 0.717) is 23.7 Å². The quantitative estimate of drug-likeness (QED) is 0.266. The SMILES string of the molecule is CCCC1(OC(=O)COC(=O)C(F)(F)SOOO)C2CC3CC(C2)CC1C3. The van der Waals surface area contributed by atoms with Crippen molar-refractivity contribution in [3.8, 4) is 0 Å². The first-order valence-electron chi connectivity index (χ1n) is 9.23. The highest BCUT2D eigenvalue weighted by Gasteiger charge is 2.59. The van der Waals surface area contributed by atoms with Gasteiger partial charge in [0.2, 0.25) is 0 Å². The van der Waals surface area contributed by atoms with Crippen LogP contribution in [-0.2, 0) is 28.4 Å². The monoisotopic (exact) mass is 410 g/mol. The van der Waals surface area contributed by atoms with E-state index in [2.05, 4.69) is 14.1 Å². The summed E-state index contributed by atoms with van der Waals surface area (Å²) in [7, 11) is 0. The maximum atomic E-state index is 13.4. The molecule has 0 spiro atoms. The van der Waals surface area contributed by atoms with Gasteiger partial charge in [-0.3, -0.25) is 0 Å². The maximum Gasteiger partial charge on any atom is 0.415 e. The predicted octanol–water partition coefficient (Wildman–Crippen LogP) is 3.73. The summed E-state index contributed by atoms with van der Waals surface area (Å²) >= 11 is -0.732. The molecule has 0 aromatic rings. The van der Waals surface area contributed by atoms with Crippen LogP contribution in [0.15, 0.2) is 0 Å². The van der Waals surface area contributed by atoms with E-state index < -0.39 is 41.4 Å². The molecule has 0 radical (unpaired) electrons. The molecule has 4 aliphatic carbocycles. The summed E-state index contributed by atoms with van der Waals surface area (Å²) in [5.74, 6) is -0.821. The summed E-state index contributed by atoms with van der Waals surface area (Å²) in [6.07, 6.45) is 6.98. The number of carbonyl (C=O) groups is 2. The van der Waals surface area contributed by atoms with Crippen molar-refractivity contribution >= 4 is 24.0 Å². The molecule has 0 unspecified atom stereocenters. The summed E-state index contributed by atoms with van der Waals surface area (Å²) in [5, 5.41) is 6.79. The van der Waals surface area contributed by atoms with E-state index in [-0.39, 0.29) is 0 Å². The van der Waals surface area contributed by atoms with E-state index in [4.69, 9.17) is 9.99 Å². The molecular weight excluding hydrogens is 386 g/mol. The van der Waals surface area contributed by atoms with Gasteiger partial charge in [0.25, 0.3) is 0 Å². The Morgan fingerprint density at radius 3 is 2.26 bits per heavy atom. The first kappa shape index (κ1) is 20.8. The molecule has 4 saturated carbocycles. The van der Waals surface area contributed by atoms with Crippen molar-refractivity contribution in [1.82, 2.24) is 0 Å². The molecule has 0 aromatic carbocycles. The molecule has 4 fully saturated rings. The van der Waals surface area contributed by atoms with Gasteiger partial charge in [-0.25, -0.2) is 14.8 Å². The Morgan fingerprint density at radius 2 is 1.74 bits per heavy atom. The van der Waals surface area contributed by atoms with Crippen molar-refractivity contribution < 1.29 is 42.5 Å². The Balaban J connectivity index is 1.59. The first-order valence-corrected chi connectivity index (χ1v) is 9.97. The minimum Gasteiger partial charge on any atom is -0.456 e. The van der Waals surface area contributed by atoms with Crippen molar-refractivity contribution in [2.75, 3.05) is 6.61 Å². The summed E-state index contributed by atoms with van der Waals surface area (Å²) < 4.78 is 40.5. The number of hydrogen-bond acceptors (Lipinski definition) is 8. The van der Waals surface area contributed by atoms with Crippen molar-refractivity contribution in [2.24, 2.45) is 23.7 Å². The van der Waals surface area contributed by atoms with Crippen LogP contribution in [0.3, 0.4) is 0 Å². The zero-order valence-corrected chi connectivity index (χ0v) is 15.8. The fraction of sp³-hybridized carbons (Fsp3) is 0.882. The Hall–Kier alpha value is -0.970. The average Bonchev–Trinajstić information content (AvgIpc) is 2.62. The smallest absolute Gasteiger partial charge is 0.415 e. The van der Waals surface area contributed by atoms with Crippen LogP contribution in [0, 0.1) is 23.7 Å². The Labute approximate surface area is 160 Å². The molecule has 0 aliphatic heterocycles. The van der Waals surface area contributed by atoms with Gasteiger partial charge in [0.05, 0.1) is 0 Å². The number of rotatable bonds is 9. The van der Waals surface area contributed by atoms with E-state index in [1.807, 2.05) is 6.92 Å². The number of carbonyl (C=O) groups excluding carboxylic acids is 2. The van der Waals surface area contributed by atoms with E-state index in [9.17, 15) is 18.4 Å². The van der Waals surface area contributed by atoms with Gasteiger partial charge in [-0.05, 0) is 62.2 Å². The summed E-state index contributed by atoms with van der Waals surface area (Å²) in [6.45, 7) is 1.13. The number of alkyl halides is 2. The zero-order chi connectivity index (χ0) is 19.7. The molecule has 7 nitrogen and oxygen atoms in total. The summed E-state index contributed by atoms with van der Waals surface area (Å²) in [4.78, 5) is 23.7. The third kappa shape index (κ3) is 4.23. The van der Waals surface area contributed by atoms with Gasteiger partial charge in [-0.15, -0.1) is 4.33 Å². The molecular formula is C17H24F2O7S. The lowest BCUT2D eigenvalue weighted by atomic mass is 9.49. The van der Waals surface area contributed by atoms with Crippen LogP contribution < -0.4 is 0 Å². The third-order valence-corrected chi connectivity index (χ3v) is 6.70. The fourth-order valence-corrected chi connectivity index (χ4v) is 5.78. The van der Waals surface area contributed by atoms with E-state index >= 15 is 0 Å². The fourth-order valence-electron chi connectivity index (χ4n) is 5.54. The van der Waals surface area contributed by atoms with Gasteiger partial charge in [-0.2, -0.15) is 8.78 Å².